The van der Waals surface area contributed by atoms with Crippen LogP contribution in [0.4, 0.5) is 14.5 Å². The highest BCUT2D eigenvalue weighted by molar-refractivity contribution is 7.92. The SMILES string of the molecule is O=S(=O)(CCNS(=O)(=O)c1cc(F)ccc1F)Nc1ccn2nccc2c1. The Hall–Kier alpha value is -2.57. The fourth-order valence-corrected chi connectivity index (χ4v) is 4.49. The quantitative estimate of drug-likeness (QED) is 0.604. The molecule has 3 aromatic rings. The summed E-state index contributed by atoms with van der Waals surface area (Å²) < 4.78 is 80.8. The number of pyridine rings is 1. The number of rotatable bonds is 7. The minimum atomic E-state index is -4.40. The standard InChI is InChI=1S/C15H14F2N4O4S2/c16-11-1-2-14(17)15(9-11)27(24,25)19-6-8-26(22,23)20-12-4-7-21-13(10-12)3-5-18-21/h1-5,7,9-10,19-20H,6,8H2. The molecule has 2 aromatic heterocycles. The van der Waals surface area contributed by atoms with Gasteiger partial charge >= 0.3 is 0 Å². The molecule has 0 spiro atoms. The molecular weight excluding hydrogens is 402 g/mol. The number of sulfonamides is 2. The number of anilines is 1. The van der Waals surface area contributed by atoms with Gasteiger partial charge in [0.2, 0.25) is 20.0 Å². The summed E-state index contributed by atoms with van der Waals surface area (Å²) in [4.78, 5) is -0.890. The van der Waals surface area contributed by atoms with E-state index >= 15 is 0 Å². The lowest BCUT2D eigenvalue weighted by atomic mass is 10.3. The van der Waals surface area contributed by atoms with Gasteiger partial charge in [-0.2, -0.15) is 5.10 Å². The van der Waals surface area contributed by atoms with Crippen molar-refractivity contribution in [1.29, 1.82) is 0 Å². The van der Waals surface area contributed by atoms with E-state index in [0.717, 1.165) is 6.07 Å². The van der Waals surface area contributed by atoms with E-state index in [1.165, 1.54) is 6.07 Å². The first kappa shape index (κ1) is 19.2. The molecule has 8 nitrogen and oxygen atoms in total. The Labute approximate surface area is 153 Å². The third-order valence-corrected chi connectivity index (χ3v) is 6.28. The second kappa shape index (κ2) is 7.21. The number of halogens is 2. The van der Waals surface area contributed by atoms with Crippen molar-refractivity contribution in [1.82, 2.24) is 14.3 Å². The van der Waals surface area contributed by atoms with Gasteiger partial charge in [-0.15, -0.1) is 0 Å². The second-order valence-electron chi connectivity index (χ2n) is 5.51. The number of hydrogen-bond acceptors (Lipinski definition) is 5. The molecule has 0 radical (unpaired) electrons. The number of fused-ring (bicyclic) bond motifs is 1. The molecule has 0 bridgehead atoms. The van der Waals surface area contributed by atoms with Crippen LogP contribution < -0.4 is 9.44 Å². The van der Waals surface area contributed by atoms with E-state index in [1.54, 1.807) is 29.0 Å². The molecule has 0 fully saturated rings. The summed E-state index contributed by atoms with van der Waals surface area (Å²) in [6.07, 6.45) is 3.11. The Morgan fingerprint density at radius 3 is 2.59 bits per heavy atom. The smallest absolute Gasteiger partial charge is 0.243 e. The van der Waals surface area contributed by atoms with Gasteiger partial charge in [0.1, 0.15) is 16.5 Å². The van der Waals surface area contributed by atoms with Gasteiger partial charge in [-0.3, -0.25) is 4.72 Å². The monoisotopic (exact) mass is 416 g/mol. The summed E-state index contributed by atoms with van der Waals surface area (Å²) >= 11 is 0. The number of hydrogen-bond donors (Lipinski definition) is 2. The van der Waals surface area contributed by atoms with Crippen LogP contribution in [0.25, 0.3) is 5.52 Å². The van der Waals surface area contributed by atoms with Gasteiger partial charge in [0.25, 0.3) is 0 Å². The van der Waals surface area contributed by atoms with E-state index in [9.17, 15) is 25.6 Å². The summed E-state index contributed by atoms with van der Waals surface area (Å²) in [5.74, 6) is -2.67. The van der Waals surface area contributed by atoms with Crippen molar-refractivity contribution in [3.8, 4) is 0 Å². The first-order valence-electron chi connectivity index (χ1n) is 7.55. The number of nitrogens with zero attached hydrogens (tertiary/aromatic N) is 2. The zero-order chi connectivity index (χ0) is 19.7. The molecule has 0 unspecified atom stereocenters. The Bertz CT molecular complexity index is 1190. The van der Waals surface area contributed by atoms with E-state index in [0.29, 0.717) is 17.6 Å². The van der Waals surface area contributed by atoms with Crippen molar-refractivity contribution in [2.75, 3.05) is 17.0 Å². The Morgan fingerprint density at radius 1 is 1.04 bits per heavy atom. The number of benzene rings is 1. The van der Waals surface area contributed by atoms with E-state index in [-0.39, 0.29) is 5.69 Å². The van der Waals surface area contributed by atoms with Gasteiger partial charge in [-0.05, 0) is 36.4 Å². The predicted molar refractivity (Wildman–Crippen MR) is 94.1 cm³/mol. The molecule has 0 saturated carbocycles. The molecular formula is C15H14F2N4O4S2. The largest absolute Gasteiger partial charge is 0.283 e. The van der Waals surface area contributed by atoms with Crippen molar-refractivity contribution in [2.45, 2.75) is 4.90 Å². The summed E-state index contributed by atoms with van der Waals surface area (Å²) in [6.45, 7) is -0.525. The van der Waals surface area contributed by atoms with Gasteiger partial charge in [-0.25, -0.2) is 34.9 Å². The van der Waals surface area contributed by atoms with Crippen molar-refractivity contribution in [2.24, 2.45) is 0 Å². The molecule has 1 aromatic carbocycles. The molecule has 3 rings (SSSR count). The highest BCUT2D eigenvalue weighted by Gasteiger charge is 2.21. The molecule has 2 heterocycles. The molecule has 0 aliphatic carbocycles. The van der Waals surface area contributed by atoms with Crippen LogP contribution in [0.2, 0.25) is 0 Å². The Balaban J connectivity index is 1.65. The molecule has 0 saturated heterocycles. The summed E-state index contributed by atoms with van der Waals surface area (Å²) in [6, 6.07) is 6.69. The maximum atomic E-state index is 13.6. The van der Waals surface area contributed by atoms with E-state index in [4.69, 9.17) is 0 Å². The normalized spacial score (nSPS) is 12.4. The molecule has 12 heteroatoms. The number of nitrogens with one attached hydrogen (secondary N) is 2. The van der Waals surface area contributed by atoms with Gasteiger partial charge in [0.05, 0.1) is 17.0 Å². The van der Waals surface area contributed by atoms with Crippen molar-refractivity contribution in [3.05, 3.63) is 60.4 Å². The second-order valence-corrected chi connectivity index (χ2v) is 9.09. The minimum Gasteiger partial charge on any atom is -0.283 e. The molecule has 27 heavy (non-hydrogen) atoms. The Morgan fingerprint density at radius 2 is 1.81 bits per heavy atom. The Kier molecular flexibility index (Phi) is 5.13. The highest BCUT2D eigenvalue weighted by atomic mass is 32.2. The van der Waals surface area contributed by atoms with E-state index < -0.39 is 48.9 Å². The summed E-state index contributed by atoms with van der Waals surface area (Å²) in [5.41, 5.74) is 0.944. The van der Waals surface area contributed by atoms with Crippen molar-refractivity contribution >= 4 is 31.3 Å². The average Bonchev–Trinajstić information content (AvgIpc) is 3.03. The summed E-state index contributed by atoms with van der Waals surface area (Å²) in [7, 11) is -8.28. The zero-order valence-corrected chi connectivity index (χ0v) is 15.3. The lowest BCUT2D eigenvalue weighted by Crippen LogP contribution is -2.31. The molecule has 144 valence electrons. The maximum Gasteiger partial charge on any atom is 0.243 e. The zero-order valence-electron chi connectivity index (χ0n) is 13.6. The lowest BCUT2D eigenvalue weighted by molar-refractivity contribution is 0.546. The average molecular weight is 416 g/mol. The van der Waals surface area contributed by atoms with Gasteiger partial charge in [-0.1, -0.05) is 0 Å². The minimum absolute atomic E-state index is 0.280. The van der Waals surface area contributed by atoms with Gasteiger partial charge in [0.15, 0.2) is 0 Å². The highest BCUT2D eigenvalue weighted by Crippen LogP contribution is 2.16. The van der Waals surface area contributed by atoms with Crippen LogP contribution in [0.5, 0.6) is 0 Å². The van der Waals surface area contributed by atoms with Gasteiger partial charge in [0, 0.05) is 18.9 Å². The van der Waals surface area contributed by atoms with Crippen LogP contribution in [-0.2, 0) is 20.0 Å². The third kappa shape index (κ3) is 4.59. The van der Waals surface area contributed by atoms with Crippen LogP contribution in [-0.4, -0.2) is 38.7 Å². The first-order valence-corrected chi connectivity index (χ1v) is 10.7. The maximum absolute atomic E-state index is 13.6. The molecule has 0 aliphatic rings. The van der Waals surface area contributed by atoms with Crippen LogP contribution in [0.1, 0.15) is 0 Å². The lowest BCUT2D eigenvalue weighted by Gasteiger charge is -2.10. The number of aromatic nitrogens is 2. The molecule has 0 aliphatic heterocycles. The van der Waals surface area contributed by atoms with Gasteiger partial charge < -0.3 is 0 Å². The summed E-state index contributed by atoms with van der Waals surface area (Å²) in [5, 5.41) is 3.98. The van der Waals surface area contributed by atoms with E-state index in [2.05, 4.69) is 9.82 Å². The molecule has 2 N–H and O–H groups in total. The fraction of sp³-hybridized carbons (Fsp3) is 0.133. The topological polar surface area (TPSA) is 110 Å². The van der Waals surface area contributed by atoms with E-state index in [1.807, 2.05) is 4.72 Å². The van der Waals surface area contributed by atoms with Crippen LogP contribution in [0.3, 0.4) is 0 Å². The third-order valence-electron chi connectivity index (χ3n) is 3.52. The van der Waals surface area contributed by atoms with Crippen LogP contribution in [0.15, 0.2) is 53.7 Å². The molecule has 0 atom stereocenters. The fourth-order valence-electron chi connectivity index (χ4n) is 2.29. The first-order chi connectivity index (χ1) is 12.7. The van der Waals surface area contributed by atoms with Crippen LogP contribution in [0, 0.1) is 11.6 Å². The van der Waals surface area contributed by atoms with Crippen LogP contribution >= 0.6 is 0 Å². The van der Waals surface area contributed by atoms with Crippen molar-refractivity contribution in [3.63, 3.8) is 0 Å². The predicted octanol–water partition coefficient (Wildman–Crippen LogP) is 1.33. The van der Waals surface area contributed by atoms with Crippen molar-refractivity contribution < 1.29 is 25.6 Å². The molecule has 0 amide bonds.